The number of aryl methyl sites for hydroxylation is 1. The van der Waals surface area contributed by atoms with Crippen LogP contribution >= 0.6 is 0 Å². The highest BCUT2D eigenvalue weighted by Gasteiger charge is 2.31. The highest BCUT2D eigenvalue weighted by Crippen LogP contribution is 2.31. The summed E-state index contributed by atoms with van der Waals surface area (Å²) in [5.74, 6) is 0.679. The predicted molar refractivity (Wildman–Crippen MR) is 119 cm³/mol. The first-order valence-corrected chi connectivity index (χ1v) is 10.6. The lowest BCUT2D eigenvalue weighted by molar-refractivity contribution is -0.152. The van der Waals surface area contributed by atoms with E-state index in [-0.39, 0.29) is 12.6 Å². The molecule has 0 saturated heterocycles. The summed E-state index contributed by atoms with van der Waals surface area (Å²) in [6.45, 7) is 8.61. The first-order valence-electron chi connectivity index (χ1n) is 10.6. The quantitative estimate of drug-likeness (QED) is 0.450. The van der Waals surface area contributed by atoms with E-state index in [0.29, 0.717) is 34.3 Å². The Kier molecular flexibility index (Phi) is 6.90. The Morgan fingerprint density at radius 3 is 2.29 bits per heavy atom. The van der Waals surface area contributed by atoms with Crippen molar-refractivity contribution in [3.05, 3.63) is 59.4 Å². The SMILES string of the molecule is Cc1cc(OCc2nc(-c3ccc(C(F)(F)F)cc3)nn2C(C)C)ccc1OC(C)(C)C(=O)O. The molecular formula is C24H26F3N3O4. The van der Waals surface area contributed by atoms with Crippen molar-refractivity contribution in [2.75, 3.05) is 0 Å². The van der Waals surface area contributed by atoms with Crippen LogP contribution in [0, 0.1) is 6.92 Å². The molecule has 10 heteroatoms. The van der Waals surface area contributed by atoms with Gasteiger partial charge < -0.3 is 14.6 Å². The number of rotatable bonds is 8. The van der Waals surface area contributed by atoms with E-state index in [1.54, 1.807) is 29.8 Å². The number of nitrogens with zero attached hydrogens (tertiary/aromatic N) is 3. The van der Waals surface area contributed by atoms with Crippen LogP contribution in [0.3, 0.4) is 0 Å². The molecule has 0 amide bonds. The fourth-order valence-corrected chi connectivity index (χ4v) is 3.09. The smallest absolute Gasteiger partial charge is 0.416 e. The van der Waals surface area contributed by atoms with Gasteiger partial charge >= 0.3 is 12.1 Å². The maximum atomic E-state index is 12.8. The lowest BCUT2D eigenvalue weighted by Gasteiger charge is -2.23. The van der Waals surface area contributed by atoms with Crippen LogP contribution in [0.25, 0.3) is 11.4 Å². The topological polar surface area (TPSA) is 86.5 Å². The van der Waals surface area contributed by atoms with Crippen LogP contribution in [-0.4, -0.2) is 31.4 Å². The monoisotopic (exact) mass is 477 g/mol. The van der Waals surface area contributed by atoms with Gasteiger partial charge in [0.25, 0.3) is 0 Å². The van der Waals surface area contributed by atoms with Crippen molar-refractivity contribution >= 4 is 5.97 Å². The second-order valence-electron chi connectivity index (χ2n) is 8.60. The van der Waals surface area contributed by atoms with E-state index in [1.165, 1.54) is 26.0 Å². The van der Waals surface area contributed by atoms with Gasteiger partial charge in [0.2, 0.25) is 0 Å². The molecule has 0 aliphatic rings. The molecule has 0 fully saturated rings. The van der Waals surface area contributed by atoms with Crippen molar-refractivity contribution in [2.45, 2.75) is 59.0 Å². The van der Waals surface area contributed by atoms with E-state index in [0.717, 1.165) is 12.1 Å². The Bertz CT molecular complexity index is 1170. The number of halogens is 3. The second kappa shape index (κ2) is 9.36. The minimum atomic E-state index is -4.41. The van der Waals surface area contributed by atoms with Gasteiger partial charge in [-0.3, -0.25) is 0 Å². The molecule has 0 spiro atoms. The maximum absolute atomic E-state index is 12.8. The fraction of sp³-hybridized carbons (Fsp3) is 0.375. The lowest BCUT2D eigenvalue weighted by Crippen LogP contribution is -2.38. The fourth-order valence-electron chi connectivity index (χ4n) is 3.09. The molecule has 0 radical (unpaired) electrons. The number of hydrogen-bond acceptors (Lipinski definition) is 5. The summed E-state index contributed by atoms with van der Waals surface area (Å²) in [5.41, 5.74) is -0.956. The van der Waals surface area contributed by atoms with Gasteiger partial charge in [0.05, 0.1) is 5.56 Å². The molecular weight excluding hydrogens is 451 g/mol. The van der Waals surface area contributed by atoms with Crippen LogP contribution in [0.4, 0.5) is 13.2 Å². The van der Waals surface area contributed by atoms with Gasteiger partial charge in [0.1, 0.15) is 18.1 Å². The van der Waals surface area contributed by atoms with Gasteiger partial charge in [-0.15, -0.1) is 0 Å². The maximum Gasteiger partial charge on any atom is 0.416 e. The van der Waals surface area contributed by atoms with Crippen molar-refractivity contribution in [1.29, 1.82) is 0 Å². The summed E-state index contributed by atoms with van der Waals surface area (Å²) in [6.07, 6.45) is -4.41. The zero-order chi connectivity index (χ0) is 25.3. The van der Waals surface area contributed by atoms with Gasteiger partial charge in [0.15, 0.2) is 17.2 Å². The number of benzene rings is 2. The van der Waals surface area contributed by atoms with Crippen molar-refractivity contribution in [2.24, 2.45) is 0 Å². The van der Waals surface area contributed by atoms with Gasteiger partial charge in [-0.25, -0.2) is 14.5 Å². The van der Waals surface area contributed by atoms with Crippen LogP contribution in [-0.2, 0) is 17.6 Å². The van der Waals surface area contributed by atoms with Crippen LogP contribution < -0.4 is 9.47 Å². The molecule has 0 bridgehead atoms. The summed E-state index contributed by atoms with van der Waals surface area (Å²) in [6, 6.07) is 9.65. The number of carbonyl (C=O) groups is 1. The number of ether oxygens (including phenoxy) is 2. The van der Waals surface area contributed by atoms with Crippen molar-refractivity contribution in [1.82, 2.24) is 14.8 Å². The zero-order valence-electron chi connectivity index (χ0n) is 19.5. The summed E-state index contributed by atoms with van der Waals surface area (Å²) < 4.78 is 51.6. The molecule has 182 valence electrons. The Hall–Kier alpha value is -3.56. The largest absolute Gasteiger partial charge is 0.486 e. The summed E-state index contributed by atoms with van der Waals surface area (Å²) in [4.78, 5) is 15.8. The number of hydrogen-bond donors (Lipinski definition) is 1. The van der Waals surface area contributed by atoms with Crippen molar-refractivity contribution in [3.63, 3.8) is 0 Å². The third-order valence-electron chi connectivity index (χ3n) is 5.06. The molecule has 0 atom stereocenters. The van der Waals surface area contributed by atoms with E-state index in [9.17, 15) is 23.1 Å². The zero-order valence-corrected chi connectivity index (χ0v) is 19.5. The molecule has 3 rings (SSSR count). The number of carboxylic acids is 1. The summed E-state index contributed by atoms with van der Waals surface area (Å²) >= 11 is 0. The molecule has 34 heavy (non-hydrogen) atoms. The van der Waals surface area contributed by atoms with Crippen LogP contribution in [0.5, 0.6) is 11.5 Å². The summed E-state index contributed by atoms with van der Waals surface area (Å²) in [7, 11) is 0. The molecule has 1 aromatic heterocycles. The van der Waals surface area contributed by atoms with Crippen LogP contribution in [0.2, 0.25) is 0 Å². The molecule has 0 aliphatic carbocycles. The number of carboxylic acid groups (broad SMARTS) is 1. The predicted octanol–water partition coefficient (Wildman–Crippen LogP) is 5.67. The van der Waals surface area contributed by atoms with E-state index in [2.05, 4.69) is 10.1 Å². The van der Waals surface area contributed by atoms with Crippen molar-refractivity contribution < 1.29 is 32.5 Å². The Labute approximate surface area is 195 Å². The molecule has 0 saturated carbocycles. The van der Waals surface area contributed by atoms with Crippen LogP contribution in [0.1, 0.15) is 50.7 Å². The summed E-state index contributed by atoms with van der Waals surface area (Å²) in [5, 5.41) is 13.7. The van der Waals surface area contributed by atoms with Crippen LogP contribution in [0.15, 0.2) is 42.5 Å². The number of aliphatic carboxylic acids is 1. The average Bonchev–Trinajstić information content (AvgIpc) is 3.18. The number of aromatic nitrogens is 3. The highest BCUT2D eigenvalue weighted by molar-refractivity contribution is 5.76. The average molecular weight is 477 g/mol. The molecule has 0 aliphatic heterocycles. The van der Waals surface area contributed by atoms with E-state index < -0.39 is 23.3 Å². The number of alkyl halides is 3. The third kappa shape index (κ3) is 5.67. The highest BCUT2D eigenvalue weighted by atomic mass is 19.4. The normalized spacial score (nSPS) is 12.1. The lowest BCUT2D eigenvalue weighted by atomic mass is 10.1. The standard InChI is InChI=1S/C24H26F3N3O4/c1-14(2)30-20(28-21(29-30)16-6-8-17(9-7-16)24(25,26)27)13-33-18-10-11-19(15(3)12-18)34-23(4,5)22(31)32/h6-12,14H,13H2,1-5H3,(H,31,32). The van der Waals surface area contributed by atoms with E-state index in [4.69, 9.17) is 9.47 Å². The van der Waals surface area contributed by atoms with E-state index >= 15 is 0 Å². The van der Waals surface area contributed by atoms with Gasteiger partial charge in [-0.1, -0.05) is 12.1 Å². The Morgan fingerprint density at radius 2 is 1.76 bits per heavy atom. The Balaban J connectivity index is 1.78. The molecule has 2 aromatic carbocycles. The first-order chi connectivity index (χ1) is 15.8. The molecule has 3 aromatic rings. The molecule has 1 N–H and O–H groups in total. The Morgan fingerprint density at radius 1 is 1.12 bits per heavy atom. The third-order valence-corrected chi connectivity index (χ3v) is 5.06. The molecule has 0 unspecified atom stereocenters. The minimum Gasteiger partial charge on any atom is -0.486 e. The molecule has 7 nitrogen and oxygen atoms in total. The molecule has 1 heterocycles. The van der Waals surface area contributed by atoms with Gasteiger partial charge in [0, 0.05) is 11.6 Å². The van der Waals surface area contributed by atoms with Gasteiger partial charge in [-0.2, -0.15) is 18.3 Å². The van der Waals surface area contributed by atoms with E-state index in [1.807, 2.05) is 13.8 Å². The van der Waals surface area contributed by atoms with Gasteiger partial charge in [-0.05, 0) is 70.5 Å². The minimum absolute atomic E-state index is 0.0509. The van der Waals surface area contributed by atoms with Crippen molar-refractivity contribution in [3.8, 4) is 22.9 Å². The first kappa shape index (κ1) is 25.1. The second-order valence-corrected chi connectivity index (χ2v) is 8.60.